The van der Waals surface area contributed by atoms with E-state index in [0.29, 0.717) is 6.54 Å². The van der Waals surface area contributed by atoms with Gasteiger partial charge in [0.15, 0.2) is 0 Å². The summed E-state index contributed by atoms with van der Waals surface area (Å²) in [5.41, 5.74) is 3.38. The fraction of sp³-hybridized carbons (Fsp3) is 0.562. The van der Waals surface area contributed by atoms with Gasteiger partial charge in [-0.25, -0.2) is 0 Å². The summed E-state index contributed by atoms with van der Waals surface area (Å²) >= 11 is 0. The summed E-state index contributed by atoms with van der Waals surface area (Å²) in [6.45, 7) is 6.34. The van der Waals surface area contributed by atoms with E-state index in [0.717, 1.165) is 11.3 Å². The van der Waals surface area contributed by atoms with Gasteiger partial charge in [-0.1, -0.05) is 26.0 Å². The van der Waals surface area contributed by atoms with E-state index in [1.54, 1.807) is 0 Å². The third kappa shape index (κ3) is 4.85. The molecule has 0 spiro atoms. The van der Waals surface area contributed by atoms with Crippen molar-refractivity contribution in [3.8, 4) is 0 Å². The average Bonchev–Trinajstić information content (AvgIpc) is 2.36. The second kappa shape index (κ2) is 7.29. The van der Waals surface area contributed by atoms with Crippen molar-refractivity contribution in [2.24, 2.45) is 5.92 Å². The Labute approximate surface area is 121 Å². The minimum atomic E-state index is -0.582. The second-order valence-electron chi connectivity index (χ2n) is 5.82. The Hall–Kier alpha value is -1.55. The summed E-state index contributed by atoms with van der Waals surface area (Å²) in [5.74, 6) is -0.0195. The molecule has 1 rings (SSSR count). The Balaban J connectivity index is 2.64. The van der Waals surface area contributed by atoms with Gasteiger partial charge in [-0.3, -0.25) is 4.79 Å². The molecule has 0 saturated heterocycles. The predicted molar refractivity (Wildman–Crippen MR) is 82.8 cm³/mol. The molecule has 1 amide bonds. The molecule has 0 radical (unpaired) electrons. The van der Waals surface area contributed by atoms with Gasteiger partial charge in [0.05, 0.1) is 12.5 Å². The highest BCUT2D eigenvalue weighted by Gasteiger charge is 2.14. The molecule has 1 aromatic carbocycles. The predicted octanol–water partition coefficient (Wildman–Crippen LogP) is 2.08. The van der Waals surface area contributed by atoms with Crippen molar-refractivity contribution >= 4 is 11.6 Å². The Morgan fingerprint density at radius 3 is 2.55 bits per heavy atom. The van der Waals surface area contributed by atoms with Gasteiger partial charge < -0.3 is 15.3 Å². The monoisotopic (exact) mass is 278 g/mol. The molecule has 112 valence electrons. The van der Waals surface area contributed by atoms with Crippen LogP contribution < -0.4 is 10.2 Å². The third-order valence-corrected chi connectivity index (χ3v) is 3.36. The molecule has 1 atom stereocenters. The summed E-state index contributed by atoms with van der Waals surface area (Å²) in [4.78, 5) is 13.8. The number of benzene rings is 1. The quantitative estimate of drug-likeness (QED) is 0.837. The number of aryl methyl sites for hydroxylation is 1. The minimum Gasteiger partial charge on any atom is -0.392 e. The number of nitrogens with zero attached hydrogens (tertiary/aromatic N) is 1. The fourth-order valence-corrected chi connectivity index (χ4v) is 1.93. The van der Waals surface area contributed by atoms with Crippen LogP contribution in [0.25, 0.3) is 0 Å². The van der Waals surface area contributed by atoms with Crippen LogP contribution in [0.1, 0.15) is 31.4 Å². The SMILES string of the molecule is Cc1ccc(CNC(=O)CC(O)C(C)C)c(N(C)C)c1. The molecule has 0 bridgehead atoms. The van der Waals surface area contributed by atoms with Crippen LogP contribution in [0.15, 0.2) is 18.2 Å². The second-order valence-corrected chi connectivity index (χ2v) is 5.82. The van der Waals surface area contributed by atoms with Gasteiger partial charge in [0.2, 0.25) is 5.91 Å². The lowest BCUT2D eigenvalue weighted by Gasteiger charge is -2.19. The fourth-order valence-electron chi connectivity index (χ4n) is 1.93. The zero-order chi connectivity index (χ0) is 15.3. The molecule has 0 saturated carbocycles. The van der Waals surface area contributed by atoms with Crippen LogP contribution in [0.3, 0.4) is 0 Å². The lowest BCUT2D eigenvalue weighted by atomic mass is 10.0. The Kier molecular flexibility index (Phi) is 6.02. The zero-order valence-electron chi connectivity index (χ0n) is 13.1. The number of aliphatic hydroxyl groups excluding tert-OH is 1. The molecule has 20 heavy (non-hydrogen) atoms. The van der Waals surface area contributed by atoms with Crippen molar-refractivity contribution in [2.75, 3.05) is 19.0 Å². The summed E-state index contributed by atoms with van der Waals surface area (Å²) in [5, 5.41) is 12.6. The zero-order valence-corrected chi connectivity index (χ0v) is 13.1. The van der Waals surface area contributed by atoms with E-state index >= 15 is 0 Å². The maximum atomic E-state index is 11.8. The van der Waals surface area contributed by atoms with E-state index in [2.05, 4.69) is 11.4 Å². The van der Waals surface area contributed by atoms with Gasteiger partial charge in [0, 0.05) is 26.3 Å². The first kappa shape index (κ1) is 16.5. The Morgan fingerprint density at radius 2 is 2.00 bits per heavy atom. The number of rotatable bonds is 6. The number of anilines is 1. The molecule has 1 unspecified atom stereocenters. The van der Waals surface area contributed by atoms with Crippen molar-refractivity contribution in [3.63, 3.8) is 0 Å². The van der Waals surface area contributed by atoms with Crippen molar-refractivity contribution in [1.82, 2.24) is 5.32 Å². The van der Waals surface area contributed by atoms with E-state index in [4.69, 9.17) is 0 Å². The molecule has 0 aliphatic heterocycles. The average molecular weight is 278 g/mol. The summed E-state index contributed by atoms with van der Waals surface area (Å²) in [6.07, 6.45) is -0.428. The molecule has 0 heterocycles. The van der Waals surface area contributed by atoms with Crippen LogP contribution in [0.2, 0.25) is 0 Å². The van der Waals surface area contributed by atoms with Crippen LogP contribution in [-0.4, -0.2) is 31.2 Å². The molecular formula is C16H26N2O2. The summed E-state index contributed by atoms with van der Waals surface area (Å²) < 4.78 is 0. The van der Waals surface area contributed by atoms with Crippen LogP contribution in [0.4, 0.5) is 5.69 Å². The normalized spacial score (nSPS) is 12.3. The van der Waals surface area contributed by atoms with Crippen LogP contribution in [0.5, 0.6) is 0 Å². The summed E-state index contributed by atoms with van der Waals surface area (Å²) in [6, 6.07) is 6.17. The molecule has 1 aromatic rings. The largest absolute Gasteiger partial charge is 0.392 e. The van der Waals surface area contributed by atoms with Gasteiger partial charge in [-0.15, -0.1) is 0 Å². The van der Waals surface area contributed by atoms with Gasteiger partial charge in [-0.2, -0.15) is 0 Å². The number of nitrogens with one attached hydrogen (secondary N) is 1. The highest BCUT2D eigenvalue weighted by Crippen LogP contribution is 2.20. The van der Waals surface area contributed by atoms with Gasteiger partial charge in [-0.05, 0) is 30.0 Å². The first-order valence-corrected chi connectivity index (χ1v) is 7.03. The Bertz CT molecular complexity index is 456. The molecule has 0 aromatic heterocycles. The number of hydrogen-bond donors (Lipinski definition) is 2. The van der Waals surface area contributed by atoms with Crippen LogP contribution in [-0.2, 0) is 11.3 Å². The first-order chi connectivity index (χ1) is 9.31. The third-order valence-electron chi connectivity index (χ3n) is 3.36. The van der Waals surface area contributed by atoms with Crippen molar-refractivity contribution < 1.29 is 9.90 Å². The lowest BCUT2D eigenvalue weighted by Crippen LogP contribution is -2.29. The van der Waals surface area contributed by atoms with E-state index < -0.39 is 6.10 Å². The lowest BCUT2D eigenvalue weighted by molar-refractivity contribution is -0.123. The molecule has 4 heteroatoms. The molecule has 4 nitrogen and oxygen atoms in total. The smallest absolute Gasteiger partial charge is 0.222 e. The van der Waals surface area contributed by atoms with Crippen molar-refractivity contribution in [1.29, 1.82) is 0 Å². The highest BCUT2D eigenvalue weighted by molar-refractivity contribution is 5.76. The summed E-state index contributed by atoms with van der Waals surface area (Å²) in [7, 11) is 3.98. The number of carbonyl (C=O) groups excluding carboxylic acids is 1. The topological polar surface area (TPSA) is 52.6 Å². The first-order valence-electron chi connectivity index (χ1n) is 7.03. The Morgan fingerprint density at radius 1 is 1.35 bits per heavy atom. The van der Waals surface area contributed by atoms with Crippen LogP contribution in [0, 0.1) is 12.8 Å². The van der Waals surface area contributed by atoms with E-state index in [-0.39, 0.29) is 18.2 Å². The maximum Gasteiger partial charge on any atom is 0.222 e. The maximum absolute atomic E-state index is 11.8. The molecular weight excluding hydrogens is 252 g/mol. The van der Waals surface area contributed by atoms with Gasteiger partial charge >= 0.3 is 0 Å². The van der Waals surface area contributed by atoms with Crippen molar-refractivity contribution in [3.05, 3.63) is 29.3 Å². The highest BCUT2D eigenvalue weighted by atomic mass is 16.3. The van der Waals surface area contributed by atoms with E-state index in [1.165, 1.54) is 5.56 Å². The minimum absolute atomic E-state index is 0.0949. The molecule has 2 N–H and O–H groups in total. The molecule has 0 aliphatic carbocycles. The van der Waals surface area contributed by atoms with Crippen LogP contribution >= 0.6 is 0 Å². The molecule has 0 aliphatic rings. The van der Waals surface area contributed by atoms with Crippen molar-refractivity contribution in [2.45, 2.75) is 39.8 Å². The number of aliphatic hydroxyl groups is 1. The van der Waals surface area contributed by atoms with Gasteiger partial charge in [0.1, 0.15) is 0 Å². The number of amides is 1. The van der Waals surface area contributed by atoms with Gasteiger partial charge in [0.25, 0.3) is 0 Å². The number of hydrogen-bond acceptors (Lipinski definition) is 3. The van der Waals surface area contributed by atoms with E-state index in [9.17, 15) is 9.90 Å². The molecule has 0 fully saturated rings. The van der Waals surface area contributed by atoms with E-state index in [1.807, 2.05) is 51.9 Å². The number of carbonyl (C=O) groups is 1. The standard InChI is InChI=1S/C16H26N2O2/c1-11(2)15(19)9-16(20)17-10-13-7-6-12(3)8-14(13)18(4)5/h6-8,11,15,19H,9-10H2,1-5H3,(H,17,20).